The molecule has 0 radical (unpaired) electrons. The third-order valence-electron chi connectivity index (χ3n) is 3.02. The molecule has 2 heteroatoms. The summed E-state index contributed by atoms with van der Waals surface area (Å²) in [5.41, 5.74) is 3.91. The van der Waals surface area contributed by atoms with Crippen LogP contribution in [0.4, 0.5) is 0 Å². The first-order chi connectivity index (χ1) is 7.31. The number of halogens is 1. The highest BCUT2D eigenvalue weighted by atomic mass is 35.5. The summed E-state index contributed by atoms with van der Waals surface area (Å²) in [6, 6.07) is 6.63. The molecule has 0 bridgehead atoms. The van der Waals surface area contributed by atoms with E-state index in [-0.39, 0.29) is 10.9 Å². The Morgan fingerprint density at radius 2 is 1.69 bits per heavy atom. The molecule has 0 spiro atoms. The van der Waals surface area contributed by atoms with E-state index >= 15 is 0 Å². The maximum absolute atomic E-state index is 6.14. The van der Waals surface area contributed by atoms with Crippen LogP contribution in [0, 0.1) is 13.8 Å². The number of alkyl halides is 1. The van der Waals surface area contributed by atoms with Crippen LogP contribution in [0.25, 0.3) is 0 Å². The van der Waals surface area contributed by atoms with Crippen molar-refractivity contribution in [1.29, 1.82) is 0 Å². The number of hydrogen-bond acceptors (Lipinski definition) is 1. The molecule has 0 aliphatic rings. The summed E-state index contributed by atoms with van der Waals surface area (Å²) in [7, 11) is 0. The average Bonchev–Trinajstić information content (AvgIpc) is 2.13. The van der Waals surface area contributed by atoms with Crippen molar-refractivity contribution in [3.8, 4) is 0 Å². The molecule has 16 heavy (non-hydrogen) atoms. The van der Waals surface area contributed by atoms with E-state index in [0.29, 0.717) is 0 Å². The standard InChI is InChI=1S/C14H22ClN/c1-10-6-11(2)8-13(7-10)9-16-14(4,5)12(3)15/h6-8,12,16H,9H2,1-5H3. The minimum Gasteiger partial charge on any atom is -0.306 e. The summed E-state index contributed by atoms with van der Waals surface area (Å²) < 4.78 is 0. The molecular formula is C14H22ClN. The number of rotatable bonds is 4. The third-order valence-corrected chi connectivity index (χ3v) is 3.57. The molecule has 0 aliphatic carbocycles. The smallest absolute Gasteiger partial charge is 0.0484 e. The van der Waals surface area contributed by atoms with Crippen LogP contribution in [0.1, 0.15) is 37.5 Å². The topological polar surface area (TPSA) is 12.0 Å². The van der Waals surface area contributed by atoms with Gasteiger partial charge in [0.05, 0.1) is 0 Å². The molecule has 1 aromatic carbocycles. The van der Waals surface area contributed by atoms with E-state index in [1.807, 2.05) is 6.92 Å². The lowest BCUT2D eigenvalue weighted by Crippen LogP contribution is -2.45. The number of aryl methyl sites for hydroxylation is 2. The van der Waals surface area contributed by atoms with Crippen molar-refractivity contribution in [3.63, 3.8) is 0 Å². The van der Waals surface area contributed by atoms with Crippen LogP contribution in [0.3, 0.4) is 0 Å². The normalized spacial score (nSPS) is 13.9. The van der Waals surface area contributed by atoms with Crippen LogP contribution in [0.15, 0.2) is 18.2 Å². The molecule has 1 aromatic rings. The summed E-state index contributed by atoms with van der Waals surface area (Å²) in [4.78, 5) is 0. The highest BCUT2D eigenvalue weighted by Crippen LogP contribution is 2.16. The van der Waals surface area contributed by atoms with Crippen molar-refractivity contribution in [2.45, 2.75) is 52.1 Å². The molecule has 0 amide bonds. The molecule has 0 aliphatic heterocycles. The van der Waals surface area contributed by atoms with Crippen molar-refractivity contribution in [2.24, 2.45) is 0 Å². The molecule has 1 nitrogen and oxygen atoms in total. The first-order valence-corrected chi connectivity index (χ1v) is 6.21. The number of nitrogens with one attached hydrogen (secondary N) is 1. The Bertz CT molecular complexity index is 336. The van der Waals surface area contributed by atoms with Gasteiger partial charge in [-0.2, -0.15) is 0 Å². The second-order valence-corrected chi connectivity index (χ2v) is 5.84. The van der Waals surface area contributed by atoms with Gasteiger partial charge < -0.3 is 5.32 Å². The van der Waals surface area contributed by atoms with Gasteiger partial charge in [-0.05, 0) is 40.2 Å². The predicted molar refractivity (Wildman–Crippen MR) is 72.1 cm³/mol. The fraction of sp³-hybridized carbons (Fsp3) is 0.571. The summed E-state index contributed by atoms with van der Waals surface area (Å²) in [5.74, 6) is 0. The van der Waals surface area contributed by atoms with Gasteiger partial charge >= 0.3 is 0 Å². The Balaban J connectivity index is 2.68. The number of benzene rings is 1. The van der Waals surface area contributed by atoms with Crippen molar-refractivity contribution >= 4 is 11.6 Å². The highest BCUT2D eigenvalue weighted by Gasteiger charge is 2.22. The molecule has 1 N–H and O–H groups in total. The lowest BCUT2D eigenvalue weighted by molar-refractivity contribution is 0.380. The van der Waals surface area contributed by atoms with Crippen molar-refractivity contribution in [3.05, 3.63) is 34.9 Å². The minimum absolute atomic E-state index is 0.0425. The SMILES string of the molecule is Cc1cc(C)cc(CNC(C)(C)C(C)Cl)c1. The van der Waals surface area contributed by atoms with Gasteiger partial charge in [-0.3, -0.25) is 0 Å². The van der Waals surface area contributed by atoms with Crippen LogP contribution >= 0.6 is 11.6 Å². The van der Waals surface area contributed by atoms with E-state index < -0.39 is 0 Å². The van der Waals surface area contributed by atoms with E-state index in [1.165, 1.54) is 16.7 Å². The molecular weight excluding hydrogens is 218 g/mol. The average molecular weight is 240 g/mol. The fourth-order valence-electron chi connectivity index (χ4n) is 1.64. The predicted octanol–water partition coefficient (Wildman–Crippen LogP) is 3.80. The Kier molecular flexibility index (Phi) is 4.40. The minimum atomic E-state index is -0.0425. The van der Waals surface area contributed by atoms with Crippen LogP contribution in [0.2, 0.25) is 0 Å². The van der Waals surface area contributed by atoms with E-state index in [9.17, 15) is 0 Å². The van der Waals surface area contributed by atoms with Gasteiger partial charge in [0.25, 0.3) is 0 Å². The second kappa shape index (κ2) is 5.20. The summed E-state index contributed by atoms with van der Waals surface area (Å²) in [6.45, 7) is 11.4. The summed E-state index contributed by atoms with van der Waals surface area (Å²) >= 11 is 6.14. The summed E-state index contributed by atoms with van der Waals surface area (Å²) in [5, 5.41) is 3.61. The van der Waals surface area contributed by atoms with E-state index in [4.69, 9.17) is 11.6 Å². The quantitative estimate of drug-likeness (QED) is 0.789. The molecule has 90 valence electrons. The maximum atomic E-state index is 6.14. The van der Waals surface area contributed by atoms with Gasteiger partial charge in [0.2, 0.25) is 0 Å². The van der Waals surface area contributed by atoms with E-state index in [1.54, 1.807) is 0 Å². The van der Waals surface area contributed by atoms with E-state index in [0.717, 1.165) is 6.54 Å². The molecule has 0 saturated heterocycles. The Hall–Kier alpha value is -0.530. The zero-order valence-electron chi connectivity index (χ0n) is 10.9. The zero-order valence-corrected chi connectivity index (χ0v) is 11.7. The van der Waals surface area contributed by atoms with Crippen LogP contribution in [-0.2, 0) is 6.54 Å². The molecule has 0 fully saturated rings. The maximum Gasteiger partial charge on any atom is 0.0484 e. The van der Waals surface area contributed by atoms with Crippen molar-refractivity contribution in [1.82, 2.24) is 5.32 Å². The molecule has 0 heterocycles. The van der Waals surface area contributed by atoms with Gasteiger partial charge in [-0.25, -0.2) is 0 Å². The van der Waals surface area contributed by atoms with Crippen LogP contribution in [-0.4, -0.2) is 10.9 Å². The van der Waals surface area contributed by atoms with Crippen LogP contribution < -0.4 is 5.32 Å². The number of hydrogen-bond donors (Lipinski definition) is 1. The lowest BCUT2D eigenvalue weighted by Gasteiger charge is -2.29. The van der Waals surface area contributed by atoms with Gasteiger partial charge in [0.15, 0.2) is 0 Å². The highest BCUT2D eigenvalue weighted by molar-refractivity contribution is 6.21. The summed E-state index contributed by atoms with van der Waals surface area (Å²) in [6.07, 6.45) is 0. The molecule has 0 aromatic heterocycles. The largest absolute Gasteiger partial charge is 0.306 e. The van der Waals surface area contributed by atoms with Crippen molar-refractivity contribution < 1.29 is 0 Å². The fourth-order valence-corrected chi connectivity index (χ4v) is 1.72. The zero-order chi connectivity index (χ0) is 12.3. The Morgan fingerprint density at radius 3 is 2.12 bits per heavy atom. The van der Waals surface area contributed by atoms with Crippen LogP contribution in [0.5, 0.6) is 0 Å². The first kappa shape index (κ1) is 13.5. The molecule has 1 rings (SSSR count). The van der Waals surface area contributed by atoms with Gasteiger partial charge in [0, 0.05) is 17.5 Å². The molecule has 0 saturated carbocycles. The molecule has 1 atom stereocenters. The monoisotopic (exact) mass is 239 g/mol. The van der Waals surface area contributed by atoms with Crippen molar-refractivity contribution in [2.75, 3.05) is 0 Å². The Morgan fingerprint density at radius 1 is 1.19 bits per heavy atom. The molecule has 1 unspecified atom stereocenters. The Labute approximate surface area is 104 Å². The van der Waals surface area contributed by atoms with Gasteiger partial charge in [-0.1, -0.05) is 29.3 Å². The van der Waals surface area contributed by atoms with Gasteiger partial charge in [-0.15, -0.1) is 11.6 Å². The van der Waals surface area contributed by atoms with Gasteiger partial charge in [0.1, 0.15) is 0 Å². The second-order valence-electron chi connectivity index (χ2n) is 5.19. The van der Waals surface area contributed by atoms with E-state index in [2.05, 4.69) is 51.2 Å². The third kappa shape index (κ3) is 3.80. The first-order valence-electron chi connectivity index (χ1n) is 5.77. The lowest BCUT2D eigenvalue weighted by atomic mass is 10.0.